The Hall–Kier alpha value is -1.42. The van der Waals surface area contributed by atoms with Gasteiger partial charge in [0.15, 0.2) is 0 Å². The van der Waals surface area contributed by atoms with E-state index in [0.29, 0.717) is 6.54 Å². The number of carbonyl (C=O) groups is 1. The molecule has 0 saturated carbocycles. The van der Waals surface area contributed by atoms with Crippen LogP contribution in [0.15, 0.2) is 24.3 Å². The Morgan fingerprint density at radius 1 is 1.39 bits per heavy atom. The molecule has 4 heteroatoms. The van der Waals surface area contributed by atoms with E-state index < -0.39 is 0 Å². The quantitative estimate of drug-likeness (QED) is 0.767. The fourth-order valence-corrected chi connectivity index (χ4v) is 2.13. The summed E-state index contributed by atoms with van der Waals surface area (Å²) in [5, 5.41) is 0. The molecule has 0 bridgehead atoms. The number of ether oxygens (including phenoxy) is 1. The van der Waals surface area contributed by atoms with Crippen molar-refractivity contribution >= 4 is 5.91 Å². The molecule has 1 saturated heterocycles. The molecule has 1 fully saturated rings. The van der Waals surface area contributed by atoms with Crippen LogP contribution in [0.25, 0.3) is 0 Å². The lowest BCUT2D eigenvalue weighted by atomic mass is 10.0. The number of halogens is 1. The van der Waals surface area contributed by atoms with Gasteiger partial charge >= 0.3 is 0 Å². The van der Waals surface area contributed by atoms with E-state index in [2.05, 4.69) is 0 Å². The van der Waals surface area contributed by atoms with Gasteiger partial charge in [-0.15, -0.1) is 0 Å². The molecule has 0 radical (unpaired) electrons. The Labute approximate surface area is 107 Å². The molecule has 2 rings (SSSR count). The van der Waals surface area contributed by atoms with Gasteiger partial charge in [-0.3, -0.25) is 4.79 Å². The van der Waals surface area contributed by atoms with E-state index in [4.69, 9.17) is 4.74 Å². The Morgan fingerprint density at radius 2 is 2.11 bits per heavy atom. The second-order valence-corrected chi connectivity index (χ2v) is 5.53. The van der Waals surface area contributed by atoms with Gasteiger partial charge in [-0.1, -0.05) is 12.1 Å². The van der Waals surface area contributed by atoms with Gasteiger partial charge in [-0.25, -0.2) is 4.39 Å². The van der Waals surface area contributed by atoms with Crippen LogP contribution in [0.5, 0.6) is 0 Å². The van der Waals surface area contributed by atoms with Gasteiger partial charge in [0.1, 0.15) is 18.5 Å². The van der Waals surface area contributed by atoms with E-state index >= 15 is 0 Å². The van der Waals surface area contributed by atoms with E-state index in [-0.39, 0.29) is 30.0 Å². The van der Waals surface area contributed by atoms with Crippen LogP contribution in [-0.2, 0) is 9.53 Å². The van der Waals surface area contributed by atoms with Crippen LogP contribution in [0.4, 0.5) is 4.39 Å². The van der Waals surface area contributed by atoms with Gasteiger partial charge < -0.3 is 9.64 Å². The summed E-state index contributed by atoms with van der Waals surface area (Å²) in [4.78, 5) is 13.6. The zero-order valence-corrected chi connectivity index (χ0v) is 10.9. The second kappa shape index (κ2) is 4.69. The lowest BCUT2D eigenvalue weighted by Gasteiger charge is -2.41. The van der Waals surface area contributed by atoms with Gasteiger partial charge in [0, 0.05) is 5.54 Å². The Kier molecular flexibility index (Phi) is 3.39. The van der Waals surface area contributed by atoms with E-state index in [1.54, 1.807) is 11.0 Å². The maximum Gasteiger partial charge on any atom is 0.249 e. The van der Waals surface area contributed by atoms with Crippen LogP contribution in [0.3, 0.4) is 0 Å². The molecule has 1 aliphatic rings. The number of benzene rings is 1. The summed E-state index contributed by atoms with van der Waals surface area (Å²) in [5.74, 6) is -0.300. The van der Waals surface area contributed by atoms with E-state index in [1.807, 2.05) is 26.8 Å². The van der Waals surface area contributed by atoms with Crippen LogP contribution in [0, 0.1) is 5.82 Å². The zero-order chi connectivity index (χ0) is 13.3. The molecule has 1 atom stereocenters. The normalized spacial score (nSPS) is 21.2. The first-order valence-corrected chi connectivity index (χ1v) is 6.05. The van der Waals surface area contributed by atoms with Crippen molar-refractivity contribution in [3.63, 3.8) is 0 Å². The van der Waals surface area contributed by atoms with E-state index in [0.717, 1.165) is 5.56 Å². The van der Waals surface area contributed by atoms with Gasteiger partial charge in [-0.2, -0.15) is 0 Å². The third-order valence-corrected chi connectivity index (χ3v) is 3.09. The summed E-state index contributed by atoms with van der Waals surface area (Å²) in [7, 11) is 0. The Balaban J connectivity index is 2.20. The van der Waals surface area contributed by atoms with Gasteiger partial charge in [-0.05, 0) is 38.5 Å². The lowest BCUT2D eigenvalue weighted by Crippen LogP contribution is -2.52. The summed E-state index contributed by atoms with van der Waals surface area (Å²) in [6, 6.07) is 6.34. The van der Waals surface area contributed by atoms with Crippen molar-refractivity contribution < 1.29 is 13.9 Å². The molecule has 1 aromatic rings. The standard InChI is InChI=1S/C14H18FNO2/c1-14(2,3)16-8-12(18-9-13(16)17)10-5-4-6-11(15)7-10/h4-7,12H,8-9H2,1-3H3/t12-/m0/s1. The Morgan fingerprint density at radius 3 is 2.72 bits per heavy atom. The average Bonchev–Trinajstić information content (AvgIpc) is 2.28. The van der Waals surface area contributed by atoms with E-state index in [9.17, 15) is 9.18 Å². The molecule has 0 aliphatic carbocycles. The van der Waals surface area contributed by atoms with Crippen LogP contribution in [0.1, 0.15) is 32.4 Å². The molecular formula is C14H18FNO2. The zero-order valence-electron chi connectivity index (χ0n) is 10.9. The van der Waals surface area contributed by atoms with Crippen LogP contribution in [0.2, 0.25) is 0 Å². The molecule has 0 N–H and O–H groups in total. The lowest BCUT2D eigenvalue weighted by molar-refractivity contribution is -0.156. The predicted octanol–water partition coefficient (Wildman–Crippen LogP) is 2.52. The SMILES string of the molecule is CC(C)(C)N1C[C@@H](c2cccc(F)c2)OCC1=O. The summed E-state index contributed by atoms with van der Waals surface area (Å²) >= 11 is 0. The largest absolute Gasteiger partial charge is 0.362 e. The monoisotopic (exact) mass is 251 g/mol. The van der Waals surface area contributed by atoms with E-state index in [1.165, 1.54) is 12.1 Å². The molecule has 1 heterocycles. The first-order valence-electron chi connectivity index (χ1n) is 6.05. The molecular weight excluding hydrogens is 233 g/mol. The van der Waals surface area contributed by atoms with Gasteiger partial charge in [0.25, 0.3) is 0 Å². The predicted molar refractivity (Wildman–Crippen MR) is 66.6 cm³/mol. The first kappa shape index (κ1) is 13.0. The highest BCUT2D eigenvalue weighted by Crippen LogP contribution is 2.27. The number of nitrogens with zero attached hydrogens (tertiary/aromatic N) is 1. The highest BCUT2D eigenvalue weighted by molar-refractivity contribution is 5.79. The number of rotatable bonds is 1. The smallest absolute Gasteiger partial charge is 0.249 e. The third kappa shape index (κ3) is 2.70. The Bertz CT molecular complexity index is 453. The molecule has 18 heavy (non-hydrogen) atoms. The van der Waals surface area contributed by atoms with Crippen LogP contribution >= 0.6 is 0 Å². The number of morpholine rings is 1. The van der Waals surface area contributed by atoms with Crippen LogP contribution in [-0.4, -0.2) is 29.5 Å². The summed E-state index contributed by atoms with van der Waals surface area (Å²) in [5.41, 5.74) is 0.531. The molecule has 0 unspecified atom stereocenters. The minimum Gasteiger partial charge on any atom is -0.362 e. The molecule has 3 nitrogen and oxygen atoms in total. The molecule has 0 aromatic heterocycles. The van der Waals surface area contributed by atoms with Gasteiger partial charge in [0.05, 0.1) is 6.54 Å². The minimum absolute atomic E-state index is 0.0184. The number of amides is 1. The summed E-state index contributed by atoms with van der Waals surface area (Å²) < 4.78 is 18.7. The summed E-state index contributed by atoms with van der Waals surface area (Å²) in [6.45, 7) is 6.47. The maximum absolute atomic E-state index is 13.2. The van der Waals surface area contributed by atoms with Crippen molar-refractivity contribution in [2.24, 2.45) is 0 Å². The molecule has 0 spiro atoms. The van der Waals surface area contributed by atoms with Crippen molar-refractivity contribution in [2.75, 3.05) is 13.2 Å². The van der Waals surface area contributed by atoms with Crippen molar-refractivity contribution in [1.29, 1.82) is 0 Å². The fourth-order valence-electron chi connectivity index (χ4n) is 2.13. The average molecular weight is 251 g/mol. The highest BCUT2D eigenvalue weighted by Gasteiger charge is 2.34. The fraction of sp³-hybridized carbons (Fsp3) is 0.500. The second-order valence-electron chi connectivity index (χ2n) is 5.53. The van der Waals surface area contributed by atoms with Crippen molar-refractivity contribution in [1.82, 2.24) is 4.90 Å². The molecule has 1 aliphatic heterocycles. The highest BCUT2D eigenvalue weighted by atomic mass is 19.1. The van der Waals surface area contributed by atoms with Gasteiger partial charge in [0.2, 0.25) is 5.91 Å². The third-order valence-electron chi connectivity index (χ3n) is 3.09. The topological polar surface area (TPSA) is 29.5 Å². The van der Waals surface area contributed by atoms with Crippen molar-refractivity contribution in [3.05, 3.63) is 35.6 Å². The number of hydrogen-bond acceptors (Lipinski definition) is 2. The minimum atomic E-state index is -0.282. The summed E-state index contributed by atoms with van der Waals surface area (Å²) in [6.07, 6.45) is -0.252. The van der Waals surface area contributed by atoms with Crippen LogP contribution < -0.4 is 0 Å². The molecule has 1 amide bonds. The molecule has 1 aromatic carbocycles. The van der Waals surface area contributed by atoms with Crippen molar-refractivity contribution in [3.8, 4) is 0 Å². The first-order chi connectivity index (χ1) is 8.38. The number of carbonyl (C=O) groups excluding carboxylic acids is 1. The molecule has 98 valence electrons. The number of hydrogen-bond donors (Lipinski definition) is 0. The van der Waals surface area contributed by atoms with Crippen molar-refractivity contribution in [2.45, 2.75) is 32.4 Å². The maximum atomic E-state index is 13.2.